The van der Waals surface area contributed by atoms with Gasteiger partial charge in [-0.3, -0.25) is 4.79 Å². The summed E-state index contributed by atoms with van der Waals surface area (Å²) in [6.07, 6.45) is -3.49. The van der Waals surface area contributed by atoms with E-state index in [1.165, 1.54) is 35.2 Å². The van der Waals surface area contributed by atoms with Crippen LogP contribution in [0.2, 0.25) is 0 Å². The Bertz CT molecular complexity index is 2150. The van der Waals surface area contributed by atoms with E-state index in [4.69, 9.17) is 6.85 Å². The highest BCUT2D eigenvalue weighted by atomic mass is 32.2. The first kappa shape index (κ1) is 31.2. The number of rotatable bonds is 12. The van der Waals surface area contributed by atoms with Crippen LogP contribution in [0.3, 0.4) is 0 Å². The lowest BCUT2D eigenvalue weighted by Gasteiger charge is -2.43. The fraction of sp³-hybridized carbons (Fsp3) is 0.341. The highest BCUT2D eigenvalue weighted by molar-refractivity contribution is 8.02. The molecule has 2 aliphatic rings. The lowest BCUT2D eigenvalue weighted by atomic mass is 9.96. The minimum absolute atomic E-state index is 0.0302. The number of methoxy groups -OCH3 is 1. The second-order valence-corrected chi connectivity index (χ2v) is 13.8. The first-order valence-electron chi connectivity index (χ1n) is 20.0. The number of alkyl halides is 3. The second-order valence-electron chi connectivity index (χ2n) is 12.9. The van der Waals surface area contributed by atoms with E-state index in [2.05, 4.69) is 4.74 Å². The number of halogens is 5. The van der Waals surface area contributed by atoms with Crippen molar-refractivity contribution in [1.29, 1.82) is 0 Å². The Kier molecular flexibility index (Phi) is 9.90. The van der Waals surface area contributed by atoms with Crippen LogP contribution in [0.4, 0.5) is 27.6 Å². The van der Waals surface area contributed by atoms with Gasteiger partial charge >= 0.3 is 6.18 Å². The molecule has 4 aromatic carbocycles. The van der Waals surface area contributed by atoms with Gasteiger partial charge in [-0.2, -0.15) is 13.2 Å². The van der Waals surface area contributed by atoms with E-state index < -0.39 is 61.0 Å². The lowest BCUT2D eigenvalue weighted by molar-refractivity contribution is -0.137. The second kappa shape index (κ2) is 16.8. The summed E-state index contributed by atoms with van der Waals surface area (Å²) < 4.78 is 121. The minimum Gasteiger partial charge on any atom is -0.384 e. The van der Waals surface area contributed by atoms with Gasteiger partial charge in [0, 0.05) is 55.3 Å². The van der Waals surface area contributed by atoms with Crippen LogP contribution < -0.4 is 4.90 Å². The zero-order valence-corrected chi connectivity index (χ0v) is 29.6. The van der Waals surface area contributed by atoms with Crippen molar-refractivity contribution < 1.29 is 44.8 Å². The molecule has 280 valence electrons. The quantitative estimate of drug-likeness (QED) is 0.146. The third-order valence-corrected chi connectivity index (χ3v) is 10.7. The first-order valence-corrected chi connectivity index (χ1v) is 18.0. The largest absolute Gasteiger partial charge is 0.416 e. The summed E-state index contributed by atoms with van der Waals surface area (Å²) in [6.45, 7) is -1.14. The molecule has 53 heavy (non-hydrogen) atoms. The summed E-state index contributed by atoms with van der Waals surface area (Å²) in [7, 11) is -2.96. The summed E-state index contributed by atoms with van der Waals surface area (Å²) in [6, 6.07) is 19.7. The van der Waals surface area contributed by atoms with Gasteiger partial charge in [0.05, 0.1) is 31.4 Å². The van der Waals surface area contributed by atoms with E-state index in [9.17, 15) is 33.2 Å². The molecule has 1 fully saturated rings. The molecule has 0 aromatic heterocycles. The van der Waals surface area contributed by atoms with Crippen LogP contribution in [0.5, 0.6) is 0 Å². The third kappa shape index (κ3) is 8.95. The summed E-state index contributed by atoms with van der Waals surface area (Å²) in [5.41, 5.74) is 1.78. The average Bonchev–Trinajstić information content (AvgIpc) is 3.16. The van der Waals surface area contributed by atoms with Crippen molar-refractivity contribution in [2.45, 2.75) is 49.9 Å². The zero-order chi connectivity index (χ0) is 42.9. The predicted octanol–water partition coefficient (Wildman–Crippen LogP) is 8.98. The highest BCUT2D eigenvalue weighted by Crippen LogP contribution is 2.41. The number of fused-ring (bicyclic) bond motifs is 1. The monoisotopic (exact) mass is 757 g/mol. The molecule has 2 aliphatic heterocycles. The van der Waals surface area contributed by atoms with E-state index in [-0.39, 0.29) is 50.3 Å². The maximum Gasteiger partial charge on any atom is 0.416 e. The molecule has 6 rings (SSSR count). The number of anilines is 1. The molecule has 1 N–H and O–H groups in total. The molecule has 1 saturated heterocycles. The number of benzene rings is 4. The molecule has 2 atom stereocenters. The third-order valence-electron chi connectivity index (χ3n) is 9.57. The first-order chi connectivity index (χ1) is 27.6. The number of aliphatic hydroxyl groups excluding tert-OH is 1. The predicted molar refractivity (Wildman–Crippen MR) is 198 cm³/mol. The summed E-state index contributed by atoms with van der Waals surface area (Å²) in [5, 5.41) is 11.5. The van der Waals surface area contributed by atoms with E-state index >= 15 is 0 Å². The van der Waals surface area contributed by atoms with Gasteiger partial charge in [0.15, 0.2) is 11.6 Å². The van der Waals surface area contributed by atoms with Crippen LogP contribution in [-0.4, -0.2) is 66.6 Å². The molecule has 1 amide bonds. The number of nitrogens with zero attached hydrogens (tertiary/aromatic N) is 3. The number of carbonyl (C=O) groups is 1. The number of hydrogen-bond donors (Lipinski definition) is 1. The van der Waals surface area contributed by atoms with Crippen molar-refractivity contribution in [3.63, 3.8) is 0 Å². The van der Waals surface area contributed by atoms with Crippen LogP contribution in [0, 0.1) is 11.6 Å². The summed E-state index contributed by atoms with van der Waals surface area (Å²) >= 11 is 1.10. The molecule has 4 aromatic rings. The number of carbonyl (C=O) groups excluding carboxylic acids is 1. The number of para-hydroxylation sites is 1. The molecular weight excluding hydrogens is 710 g/mol. The SMILES string of the molecule is [2H]C([2H])([2H])OC([2H])([2H])CN1CCC(N(C(=O)CN2C(SCc3cccc(F)c3F)=CC(O)c3ccccc32)C([2H])(C)c2ccc(-c3ccc(C(F)(F)F)cc3)cc2)CC1. The topological polar surface area (TPSA) is 56.2 Å². The molecule has 0 radical (unpaired) electrons. The molecule has 0 saturated carbocycles. The molecule has 6 nitrogen and oxygen atoms in total. The van der Waals surface area contributed by atoms with Crippen molar-refractivity contribution in [1.82, 2.24) is 9.80 Å². The van der Waals surface area contributed by atoms with Crippen molar-refractivity contribution in [3.8, 4) is 11.1 Å². The summed E-state index contributed by atoms with van der Waals surface area (Å²) in [5.74, 6) is -2.55. The fourth-order valence-electron chi connectivity index (χ4n) is 6.75. The van der Waals surface area contributed by atoms with Gasteiger partial charge in [-0.05, 0) is 66.8 Å². The number of ether oxygens (including phenoxy) is 1. The Morgan fingerprint density at radius 3 is 2.38 bits per heavy atom. The van der Waals surface area contributed by atoms with Gasteiger partial charge in [0.1, 0.15) is 12.6 Å². The number of hydrogen-bond acceptors (Lipinski definition) is 6. The number of piperidine rings is 1. The normalized spacial score (nSPS) is 20.1. The smallest absolute Gasteiger partial charge is 0.384 e. The Labute approximate surface area is 319 Å². The van der Waals surface area contributed by atoms with Gasteiger partial charge in [-0.15, -0.1) is 11.8 Å². The Morgan fingerprint density at radius 2 is 1.70 bits per heavy atom. The average molecular weight is 758 g/mol. The molecule has 12 heteroatoms. The number of likely N-dealkylation sites (tertiary alicyclic amines) is 1. The molecule has 2 unspecified atom stereocenters. The van der Waals surface area contributed by atoms with Crippen LogP contribution in [0.25, 0.3) is 11.1 Å². The van der Waals surface area contributed by atoms with Crippen molar-refractivity contribution >= 4 is 23.4 Å². The molecule has 2 heterocycles. The maximum atomic E-state index is 14.9. The van der Waals surface area contributed by atoms with Crippen molar-refractivity contribution in [2.75, 3.05) is 44.7 Å². The number of amides is 1. The van der Waals surface area contributed by atoms with Crippen LogP contribution >= 0.6 is 11.8 Å². The van der Waals surface area contributed by atoms with Gasteiger partial charge in [0.25, 0.3) is 0 Å². The van der Waals surface area contributed by atoms with Gasteiger partial charge in [-0.1, -0.05) is 66.7 Å². The Hall–Kier alpha value is -4.23. The number of aliphatic hydroxyl groups is 1. The van der Waals surface area contributed by atoms with Crippen molar-refractivity contribution in [2.24, 2.45) is 0 Å². The summed E-state index contributed by atoms with van der Waals surface area (Å²) in [4.78, 5) is 19.7. The Balaban J connectivity index is 1.31. The molecule has 0 spiro atoms. The van der Waals surface area contributed by atoms with E-state index in [0.29, 0.717) is 33.0 Å². The zero-order valence-electron chi connectivity index (χ0n) is 34.7. The lowest BCUT2D eigenvalue weighted by Crippen LogP contribution is -2.51. The molecular formula is C41H42F5N3O3S. The van der Waals surface area contributed by atoms with Crippen LogP contribution in [-0.2, 0) is 21.5 Å². The number of thioether (sulfide) groups is 1. The van der Waals surface area contributed by atoms with Gasteiger partial charge in [0.2, 0.25) is 5.91 Å². The standard InChI is InChI=1S/C41H42F5N3O3S/c1-27(28-10-12-29(13-11-28)30-14-16-32(17-15-30)41(44,45)46)49(33-18-20-47(21-19-33)22-23-52-2)38(51)25-48-36-9-4-3-7-34(36)37(50)24-39(48)53-26-31-6-5-8-35(42)40(31)43/h3-17,24,27,33,37,50H,18-23,25-26H2,1-2H3/i2D3,23D2,27D. The Morgan fingerprint density at radius 1 is 1.02 bits per heavy atom. The van der Waals surface area contributed by atoms with Crippen LogP contribution in [0.15, 0.2) is 102 Å². The fourth-order valence-corrected chi connectivity index (χ4v) is 7.82. The van der Waals surface area contributed by atoms with Gasteiger partial charge in [-0.25, -0.2) is 8.78 Å². The van der Waals surface area contributed by atoms with Crippen molar-refractivity contribution in [3.05, 3.63) is 136 Å². The van der Waals surface area contributed by atoms with E-state index in [1.54, 1.807) is 65.3 Å². The minimum atomic E-state index is -4.50. The maximum absolute atomic E-state index is 14.9. The highest BCUT2D eigenvalue weighted by Gasteiger charge is 2.35. The molecule has 0 aliphatic carbocycles. The van der Waals surface area contributed by atoms with E-state index in [1.807, 2.05) is 0 Å². The van der Waals surface area contributed by atoms with Gasteiger partial charge < -0.3 is 24.5 Å². The van der Waals surface area contributed by atoms with E-state index in [0.717, 1.165) is 30.0 Å². The molecule has 0 bridgehead atoms. The van der Waals surface area contributed by atoms with Crippen LogP contribution in [0.1, 0.15) is 62.4 Å².